The van der Waals surface area contributed by atoms with E-state index >= 15 is 0 Å². The molecule has 0 aliphatic heterocycles. The van der Waals surface area contributed by atoms with E-state index in [2.05, 4.69) is 4.99 Å². The quantitative estimate of drug-likeness (QED) is 0.521. The Kier molecular flexibility index (Phi) is 6.61. The summed E-state index contributed by atoms with van der Waals surface area (Å²) in [5.74, 6) is -1.61. The van der Waals surface area contributed by atoms with E-state index < -0.39 is 27.5 Å². The second-order valence-corrected chi connectivity index (χ2v) is 9.89. The van der Waals surface area contributed by atoms with Gasteiger partial charge in [0.2, 0.25) is 0 Å². The Morgan fingerprint density at radius 3 is 2.32 bits per heavy atom. The zero-order valence-corrected chi connectivity index (χ0v) is 19.2. The Morgan fingerprint density at radius 2 is 1.71 bits per heavy atom. The van der Waals surface area contributed by atoms with Crippen molar-refractivity contribution in [1.82, 2.24) is 4.57 Å². The van der Waals surface area contributed by atoms with Crippen molar-refractivity contribution >= 4 is 43.3 Å². The van der Waals surface area contributed by atoms with E-state index in [4.69, 9.17) is 9.47 Å². The lowest BCUT2D eigenvalue weighted by atomic mass is 10.1. The number of carbonyl (C=O) groups excluding carboxylic acids is 2. The van der Waals surface area contributed by atoms with Crippen LogP contribution in [-0.2, 0) is 30.7 Å². The van der Waals surface area contributed by atoms with Crippen molar-refractivity contribution in [2.45, 2.75) is 25.3 Å². The molecule has 164 valence electrons. The number of fused-ring (bicyclic) bond motifs is 1. The fourth-order valence-corrected chi connectivity index (χ4v) is 5.15. The van der Waals surface area contributed by atoms with E-state index in [1.807, 2.05) is 26.0 Å². The maximum absolute atomic E-state index is 12.6. The van der Waals surface area contributed by atoms with Crippen molar-refractivity contribution in [2.24, 2.45) is 4.99 Å². The molecule has 0 bridgehead atoms. The molecule has 3 rings (SSSR count). The smallest absolute Gasteiger partial charge is 0.325 e. The monoisotopic (exact) mass is 462 g/mol. The number of benzene rings is 2. The van der Waals surface area contributed by atoms with Crippen LogP contribution in [0.4, 0.5) is 0 Å². The number of aromatic nitrogens is 1. The first-order valence-corrected chi connectivity index (χ1v) is 11.7. The second-order valence-electron chi connectivity index (χ2n) is 6.89. The van der Waals surface area contributed by atoms with Crippen molar-refractivity contribution in [2.75, 3.05) is 20.0 Å². The number of sulfone groups is 1. The van der Waals surface area contributed by atoms with E-state index in [-0.39, 0.29) is 16.2 Å². The Hall–Kier alpha value is -2.98. The van der Waals surface area contributed by atoms with Gasteiger partial charge in [-0.1, -0.05) is 11.3 Å². The average Bonchev–Trinajstić information content (AvgIpc) is 3.03. The average molecular weight is 463 g/mol. The Bertz CT molecular complexity index is 1320. The molecule has 1 heterocycles. The van der Waals surface area contributed by atoms with E-state index in [0.29, 0.717) is 5.75 Å². The van der Waals surface area contributed by atoms with Gasteiger partial charge >= 0.3 is 5.97 Å². The molecule has 1 amide bonds. The predicted molar refractivity (Wildman–Crippen MR) is 117 cm³/mol. The summed E-state index contributed by atoms with van der Waals surface area (Å²) in [6.07, 6.45) is 0. The molecule has 0 aliphatic rings. The van der Waals surface area contributed by atoms with Gasteiger partial charge in [-0.15, -0.1) is 0 Å². The van der Waals surface area contributed by atoms with Crippen LogP contribution in [-0.4, -0.2) is 44.8 Å². The molecule has 0 spiro atoms. The predicted octanol–water partition coefficient (Wildman–Crippen LogP) is 2.40. The number of ether oxygens (including phenoxy) is 2. The third-order valence-corrected chi connectivity index (χ3v) is 7.42. The number of aryl methyl sites for hydroxylation is 2. The van der Waals surface area contributed by atoms with Gasteiger partial charge < -0.3 is 14.0 Å². The lowest BCUT2D eigenvalue weighted by Crippen LogP contribution is -2.24. The van der Waals surface area contributed by atoms with Gasteiger partial charge in [-0.05, 0) is 61.4 Å². The highest BCUT2D eigenvalue weighted by atomic mass is 32.2. The van der Waals surface area contributed by atoms with Crippen LogP contribution in [0.2, 0.25) is 0 Å². The molecule has 0 unspecified atom stereocenters. The molecular weight excluding hydrogens is 440 g/mol. The van der Waals surface area contributed by atoms with Gasteiger partial charge in [0, 0.05) is 0 Å². The Morgan fingerprint density at radius 1 is 1.06 bits per heavy atom. The van der Waals surface area contributed by atoms with Gasteiger partial charge in [-0.2, -0.15) is 4.99 Å². The standard InChI is InChI=1S/C21H22N2O6S2/c1-13-9-17-18(10-14(13)2)30-21(23(17)11-20(25)29-4)22-19(24)12-31(26,27)16-7-5-15(28-3)6-8-16/h5-10H,11-12H2,1-4H3. The van der Waals surface area contributed by atoms with E-state index in [1.165, 1.54) is 49.8 Å². The fraction of sp³-hybridized carbons (Fsp3) is 0.286. The largest absolute Gasteiger partial charge is 0.497 e. The molecule has 10 heteroatoms. The molecule has 1 aromatic heterocycles. The zero-order chi connectivity index (χ0) is 22.8. The summed E-state index contributed by atoms with van der Waals surface area (Å²) in [6.45, 7) is 3.76. The highest BCUT2D eigenvalue weighted by Crippen LogP contribution is 2.22. The number of nitrogens with zero attached hydrogens (tertiary/aromatic N) is 2. The first-order chi connectivity index (χ1) is 14.6. The number of thiazole rings is 1. The van der Waals surface area contributed by atoms with Crippen molar-refractivity contribution in [3.8, 4) is 5.75 Å². The fourth-order valence-electron chi connectivity index (χ4n) is 2.92. The number of hydrogen-bond donors (Lipinski definition) is 0. The highest BCUT2D eigenvalue weighted by molar-refractivity contribution is 7.92. The van der Waals surface area contributed by atoms with Crippen molar-refractivity contribution in [1.29, 1.82) is 0 Å². The van der Waals surface area contributed by atoms with Crippen molar-refractivity contribution in [3.05, 3.63) is 52.3 Å². The highest BCUT2D eigenvalue weighted by Gasteiger charge is 2.20. The molecule has 0 saturated carbocycles. The second kappa shape index (κ2) is 9.03. The summed E-state index contributed by atoms with van der Waals surface area (Å²) in [5, 5.41) is 0. The van der Waals surface area contributed by atoms with Crippen LogP contribution in [0.3, 0.4) is 0 Å². The van der Waals surface area contributed by atoms with E-state index in [0.717, 1.165) is 21.3 Å². The molecule has 0 fully saturated rings. The first kappa shape index (κ1) is 22.7. The van der Waals surface area contributed by atoms with Gasteiger partial charge in [0.1, 0.15) is 18.0 Å². The summed E-state index contributed by atoms with van der Waals surface area (Å²) in [5.41, 5.74) is 2.80. The molecule has 0 N–H and O–H groups in total. The van der Waals surface area contributed by atoms with Crippen LogP contribution in [0.1, 0.15) is 11.1 Å². The number of hydrogen-bond acceptors (Lipinski definition) is 7. The van der Waals surface area contributed by atoms with Gasteiger partial charge in [-0.25, -0.2) is 8.42 Å². The third-order valence-electron chi connectivity index (χ3n) is 4.77. The third kappa shape index (κ3) is 5.02. The van der Waals surface area contributed by atoms with Crippen LogP contribution in [0, 0.1) is 13.8 Å². The molecule has 3 aromatic rings. The van der Waals surface area contributed by atoms with Crippen LogP contribution < -0.4 is 9.54 Å². The van der Waals surface area contributed by atoms with Gasteiger partial charge in [0.15, 0.2) is 14.6 Å². The molecular formula is C21H22N2O6S2. The summed E-state index contributed by atoms with van der Waals surface area (Å²) in [4.78, 5) is 28.7. The number of rotatable bonds is 6. The number of esters is 1. The minimum absolute atomic E-state index is 0.00174. The van der Waals surface area contributed by atoms with Crippen LogP contribution in [0.15, 0.2) is 46.3 Å². The molecule has 8 nitrogen and oxygen atoms in total. The van der Waals surface area contributed by atoms with Crippen molar-refractivity contribution in [3.63, 3.8) is 0 Å². The topological polar surface area (TPSA) is 104 Å². The summed E-state index contributed by atoms with van der Waals surface area (Å²) in [6, 6.07) is 9.63. The zero-order valence-electron chi connectivity index (χ0n) is 17.5. The van der Waals surface area contributed by atoms with Gasteiger partial charge in [0.25, 0.3) is 5.91 Å². The molecule has 0 aliphatic carbocycles. The maximum Gasteiger partial charge on any atom is 0.325 e. The molecule has 0 atom stereocenters. The number of carbonyl (C=O) groups is 2. The summed E-state index contributed by atoms with van der Waals surface area (Å²) in [7, 11) is -1.13. The Balaban J connectivity index is 2.00. The minimum atomic E-state index is -3.88. The molecule has 31 heavy (non-hydrogen) atoms. The number of methoxy groups -OCH3 is 2. The lowest BCUT2D eigenvalue weighted by molar-refractivity contribution is -0.141. The summed E-state index contributed by atoms with van der Waals surface area (Å²) >= 11 is 1.21. The van der Waals surface area contributed by atoms with Gasteiger partial charge in [-0.3, -0.25) is 9.59 Å². The van der Waals surface area contributed by atoms with Crippen LogP contribution >= 0.6 is 11.3 Å². The van der Waals surface area contributed by atoms with Crippen LogP contribution in [0.5, 0.6) is 5.75 Å². The molecule has 0 radical (unpaired) electrons. The van der Waals surface area contributed by atoms with E-state index in [1.54, 1.807) is 4.57 Å². The maximum atomic E-state index is 12.6. The van der Waals surface area contributed by atoms with E-state index in [9.17, 15) is 18.0 Å². The normalized spacial score (nSPS) is 12.2. The molecule has 2 aromatic carbocycles. The Labute approximate surface area is 183 Å². The first-order valence-electron chi connectivity index (χ1n) is 9.26. The molecule has 0 saturated heterocycles. The van der Waals surface area contributed by atoms with Crippen molar-refractivity contribution < 1.29 is 27.5 Å². The SMILES string of the molecule is COC(=O)Cn1c(=NC(=O)CS(=O)(=O)c2ccc(OC)cc2)sc2cc(C)c(C)cc21. The minimum Gasteiger partial charge on any atom is -0.497 e. The summed E-state index contributed by atoms with van der Waals surface area (Å²) < 4.78 is 37.4. The van der Waals surface area contributed by atoms with Gasteiger partial charge in [0.05, 0.1) is 29.3 Å². The number of amides is 1. The lowest BCUT2D eigenvalue weighted by Gasteiger charge is -2.06. The van der Waals surface area contributed by atoms with Crippen LogP contribution in [0.25, 0.3) is 10.2 Å².